The zero-order valence-electron chi connectivity index (χ0n) is 13.7. The standard InChI is InChI=1S/C19H23NO3/c1-12-7-3-6-10-15(12)16-11-17(21)20-13(2)18(16)19(22)23-14-8-4-5-9-14/h3,6-7,10,14,16H,4-5,8-9,11H2,1-2H3,(H,20,21)/t16-/m1/s1. The monoisotopic (exact) mass is 313 g/mol. The van der Waals surface area contributed by atoms with Crippen LogP contribution in [0.1, 0.15) is 56.1 Å². The number of rotatable bonds is 3. The van der Waals surface area contributed by atoms with Crippen molar-refractivity contribution in [2.24, 2.45) is 0 Å². The van der Waals surface area contributed by atoms with Crippen LogP contribution in [0.4, 0.5) is 0 Å². The van der Waals surface area contributed by atoms with Gasteiger partial charge in [-0.1, -0.05) is 24.3 Å². The highest BCUT2D eigenvalue weighted by Crippen LogP contribution is 2.36. The van der Waals surface area contributed by atoms with E-state index in [1.807, 2.05) is 31.2 Å². The van der Waals surface area contributed by atoms with Crippen LogP contribution in [0, 0.1) is 6.92 Å². The molecule has 0 aromatic heterocycles. The van der Waals surface area contributed by atoms with Crippen molar-refractivity contribution in [2.75, 3.05) is 0 Å². The zero-order valence-corrected chi connectivity index (χ0v) is 13.7. The minimum Gasteiger partial charge on any atom is -0.459 e. The van der Waals surface area contributed by atoms with Gasteiger partial charge < -0.3 is 10.1 Å². The number of esters is 1. The molecule has 1 amide bonds. The summed E-state index contributed by atoms with van der Waals surface area (Å²) in [6, 6.07) is 7.92. The Hall–Kier alpha value is -2.10. The highest BCUT2D eigenvalue weighted by molar-refractivity contribution is 5.96. The van der Waals surface area contributed by atoms with Crippen LogP contribution in [0.5, 0.6) is 0 Å². The lowest BCUT2D eigenvalue weighted by Crippen LogP contribution is -2.35. The van der Waals surface area contributed by atoms with Crippen LogP contribution in [-0.4, -0.2) is 18.0 Å². The summed E-state index contributed by atoms with van der Waals surface area (Å²) in [5, 5.41) is 2.79. The first-order valence-corrected chi connectivity index (χ1v) is 8.33. The Morgan fingerprint density at radius 3 is 2.57 bits per heavy atom. The van der Waals surface area contributed by atoms with Crippen LogP contribution >= 0.6 is 0 Å². The summed E-state index contributed by atoms with van der Waals surface area (Å²) in [7, 11) is 0. The number of nitrogens with one attached hydrogen (secondary N) is 1. The molecule has 0 saturated heterocycles. The van der Waals surface area contributed by atoms with Crippen molar-refractivity contribution < 1.29 is 14.3 Å². The van der Waals surface area contributed by atoms with Crippen molar-refractivity contribution in [1.29, 1.82) is 0 Å². The molecule has 1 fully saturated rings. The second kappa shape index (κ2) is 6.57. The van der Waals surface area contributed by atoms with Crippen LogP contribution in [0.2, 0.25) is 0 Å². The number of aryl methyl sites for hydroxylation is 1. The fraction of sp³-hybridized carbons (Fsp3) is 0.474. The molecular formula is C19H23NO3. The van der Waals surface area contributed by atoms with Gasteiger partial charge in [-0.15, -0.1) is 0 Å². The van der Waals surface area contributed by atoms with Crippen molar-refractivity contribution in [3.8, 4) is 0 Å². The van der Waals surface area contributed by atoms with Gasteiger partial charge in [0, 0.05) is 18.0 Å². The number of benzene rings is 1. The second-order valence-electron chi connectivity index (χ2n) is 6.51. The SMILES string of the molecule is CC1=C(C(=O)OC2CCCC2)[C@@H](c2ccccc2C)CC(=O)N1. The summed E-state index contributed by atoms with van der Waals surface area (Å²) in [6.45, 7) is 3.80. The molecule has 0 unspecified atom stereocenters. The lowest BCUT2D eigenvalue weighted by molar-refractivity contribution is -0.144. The fourth-order valence-electron chi connectivity index (χ4n) is 3.64. The number of carbonyl (C=O) groups excluding carboxylic acids is 2. The Kier molecular flexibility index (Phi) is 4.51. The van der Waals surface area contributed by atoms with Gasteiger partial charge in [-0.2, -0.15) is 0 Å². The summed E-state index contributed by atoms with van der Waals surface area (Å²) in [4.78, 5) is 24.7. The van der Waals surface area contributed by atoms with E-state index < -0.39 is 0 Å². The maximum absolute atomic E-state index is 12.7. The summed E-state index contributed by atoms with van der Waals surface area (Å²) < 4.78 is 5.70. The van der Waals surface area contributed by atoms with E-state index >= 15 is 0 Å². The summed E-state index contributed by atoms with van der Waals surface area (Å²) >= 11 is 0. The third-order valence-corrected chi connectivity index (χ3v) is 4.83. The van der Waals surface area contributed by atoms with Gasteiger partial charge in [0.25, 0.3) is 0 Å². The first kappa shape index (κ1) is 15.8. The third-order valence-electron chi connectivity index (χ3n) is 4.83. The average Bonchev–Trinajstić information content (AvgIpc) is 2.99. The highest BCUT2D eigenvalue weighted by Gasteiger charge is 2.34. The number of hydrogen-bond acceptors (Lipinski definition) is 3. The van der Waals surface area contributed by atoms with Crippen LogP contribution in [0.15, 0.2) is 35.5 Å². The molecule has 1 heterocycles. The molecule has 1 aromatic carbocycles. The van der Waals surface area contributed by atoms with Crippen molar-refractivity contribution in [3.63, 3.8) is 0 Å². The minimum absolute atomic E-state index is 0.0259. The van der Waals surface area contributed by atoms with Crippen LogP contribution in [-0.2, 0) is 14.3 Å². The molecule has 2 aliphatic rings. The van der Waals surface area contributed by atoms with Crippen LogP contribution in [0.25, 0.3) is 0 Å². The van der Waals surface area contributed by atoms with Gasteiger partial charge in [-0.05, 0) is 50.7 Å². The quantitative estimate of drug-likeness (QED) is 0.871. The van der Waals surface area contributed by atoms with E-state index in [0.29, 0.717) is 11.3 Å². The molecule has 3 rings (SSSR count). The molecule has 1 saturated carbocycles. The van der Waals surface area contributed by atoms with E-state index in [-0.39, 0.29) is 30.3 Å². The van der Waals surface area contributed by atoms with E-state index in [1.165, 1.54) is 0 Å². The number of hydrogen-bond donors (Lipinski definition) is 1. The molecule has 0 spiro atoms. The first-order chi connectivity index (χ1) is 11.1. The Bertz CT molecular complexity index is 656. The summed E-state index contributed by atoms with van der Waals surface area (Å²) in [5.41, 5.74) is 3.34. The largest absolute Gasteiger partial charge is 0.459 e. The predicted octanol–water partition coefficient (Wildman–Crippen LogP) is 3.36. The average molecular weight is 313 g/mol. The molecule has 1 N–H and O–H groups in total. The van der Waals surface area contributed by atoms with Gasteiger partial charge in [-0.25, -0.2) is 4.79 Å². The van der Waals surface area contributed by atoms with Gasteiger partial charge in [0.15, 0.2) is 0 Å². The van der Waals surface area contributed by atoms with Crippen LogP contribution in [0.3, 0.4) is 0 Å². The van der Waals surface area contributed by atoms with Crippen LogP contribution < -0.4 is 5.32 Å². The van der Waals surface area contributed by atoms with E-state index in [4.69, 9.17) is 4.74 Å². The van der Waals surface area contributed by atoms with Gasteiger partial charge >= 0.3 is 5.97 Å². The van der Waals surface area contributed by atoms with Crippen molar-refractivity contribution in [3.05, 3.63) is 46.7 Å². The number of amides is 1. The van der Waals surface area contributed by atoms with E-state index in [9.17, 15) is 9.59 Å². The molecule has 122 valence electrons. The number of ether oxygens (including phenoxy) is 1. The molecule has 1 atom stereocenters. The van der Waals surface area contributed by atoms with Crippen molar-refractivity contribution in [2.45, 2.75) is 58.0 Å². The topological polar surface area (TPSA) is 55.4 Å². The molecule has 0 radical (unpaired) electrons. The van der Waals surface area contributed by atoms with Crippen molar-refractivity contribution >= 4 is 11.9 Å². The van der Waals surface area contributed by atoms with E-state index in [1.54, 1.807) is 6.92 Å². The molecule has 23 heavy (non-hydrogen) atoms. The molecule has 1 aliphatic carbocycles. The Morgan fingerprint density at radius 1 is 1.17 bits per heavy atom. The molecule has 4 nitrogen and oxygen atoms in total. The predicted molar refractivity (Wildman–Crippen MR) is 87.7 cm³/mol. The second-order valence-corrected chi connectivity index (χ2v) is 6.51. The highest BCUT2D eigenvalue weighted by atomic mass is 16.5. The van der Waals surface area contributed by atoms with Gasteiger partial charge in [0.05, 0.1) is 5.57 Å². The summed E-state index contributed by atoms with van der Waals surface area (Å²) in [5.74, 6) is -0.547. The third kappa shape index (κ3) is 3.31. The van der Waals surface area contributed by atoms with Crippen molar-refractivity contribution in [1.82, 2.24) is 5.32 Å². The minimum atomic E-state index is -0.275. The molecule has 1 aromatic rings. The number of allylic oxidation sites excluding steroid dienone is 1. The van der Waals surface area contributed by atoms with Gasteiger partial charge in [-0.3, -0.25) is 4.79 Å². The molecule has 4 heteroatoms. The van der Waals surface area contributed by atoms with E-state index in [2.05, 4.69) is 5.32 Å². The lowest BCUT2D eigenvalue weighted by atomic mass is 9.82. The first-order valence-electron chi connectivity index (χ1n) is 8.33. The molecular weight excluding hydrogens is 290 g/mol. The fourth-order valence-corrected chi connectivity index (χ4v) is 3.64. The van der Waals surface area contributed by atoms with Gasteiger partial charge in [0.1, 0.15) is 6.10 Å². The molecule has 0 bridgehead atoms. The Morgan fingerprint density at radius 2 is 1.87 bits per heavy atom. The normalized spacial score (nSPS) is 22.2. The summed E-state index contributed by atoms with van der Waals surface area (Å²) in [6.07, 6.45) is 4.44. The zero-order chi connectivity index (χ0) is 16.4. The smallest absolute Gasteiger partial charge is 0.336 e. The maximum atomic E-state index is 12.7. The van der Waals surface area contributed by atoms with Gasteiger partial charge in [0.2, 0.25) is 5.91 Å². The number of carbonyl (C=O) groups is 2. The maximum Gasteiger partial charge on any atom is 0.336 e. The Labute approximate surface area is 136 Å². The van der Waals surface area contributed by atoms with E-state index in [0.717, 1.165) is 36.8 Å². The Balaban J connectivity index is 1.92. The molecule has 1 aliphatic heterocycles. The lowest BCUT2D eigenvalue weighted by Gasteiger charge is -2.28.